The highest BCUT2D eigenvalue weighted by molar-refractivity contribution is 5.97. The van der Waals surface area contributed by atoms with E-state index in [2.05, 4.69) is 26.0 Å². The van der Waals surface area contributed by atoms with Crippen LogP contribution >= 0.6 is 0 Å². The van der Waals surface area contributed by atoms with Crippen molar-refractivity contribution in [1.82, 2.24) is 4.90 Å². The first kappa shape index (κ1) is 15.1. The molecule has 105 valence electrons. The fourth-order valence-electron chi connectivity index (χ4n) is 2.69. The molecule has 2 heteroatoms. The summed E-state index contributed by atoms with van der Waals surface area (Å²) in [6, 6.07) is 10.2. The molecular formula is C18H22NO. The summed E-state index contributed by atoms with van der Waals surface area (Å²) in [6.07, 6.45) is 5.82. The van der Waals surface area contributed by atoms with E-state index in [1.807, 2.05) is 56.2 Å². The predicted molar refractivity (Wildman–Crippen MR) is 81.9 cm³/mol. The van der Waals surface area contributed by atoms with Gasteiger partial charge in [-0.2, -0.15) is 0 Å². The number of hydrogen-bond donors (Lipinski definition) is 0. The van der Waals surface area contributed by atoms with Gasteiger partial charge in [0.1, 0.15) is 0 Å². The van der Waals surface area contributed by atoms with Crippen molar-refractivity contribution in [2.45, 2.75) is 33.2 Å². The summed E-state index contributed by atoms with van der Waals surface area (Å²) in [7, 11) is 0. The highest BCUT2D eigenvalue weighted by Gasteiger charge is 2.39. The number of carbonyl (C=O) groups is 1. The lowest BCUT2D eigenvalue weighted by atomic mass is 9.89. The zero-order valence-electron chi connectivity index (χ0n) is 12.7. The van der Waals surface area contributed by atoms with E-state index < -0.39 is 0 Å². The van der Waals surface area contributed by atoms with E-state index in [-0.39, 0.29) is 11.4 Å². The Kier molecular flexibility index (Phi) is 4.52. The normalized spacial score (nSPS) is 17.4. The Balaban J connectivity index is 2.25. The van der Waals surface area contributed by atoms with Crippen LogP contribution in [0.25, 0.3) is 0 Å². The molecule has 1 fully saturated rings. The molecule has 2 rings (SSSR count). The molecule has 0 bridgehead atoms. The first-order valence-corrected chi connectivity index (χ1v) is 7.08. The average Bonchev–Trinajstić information content (AvgIpc) is 2.86. The molecule has 1 aliphatic carbocycles. The lowest BCUT2D eigenvalue weighted by Gasteiger charge is -2.40. The molecule has 20 heavy (non-hydrogen) atoms. The van der Waals surface area contributed by atoms with Crippen LogP contribution in [0, 0.1) is 31.1 Å². The lowest BCUT2D eigenvalue weighted by molar-refractivity contribution is -0.133. The van der Waals surface area contributed by atoms with Gasteiger partial charge in [-0.15, -0.1) is 0 Å². The molecule has 1 aliphatic rings. The van der Waals surface area contributed by atoms with Gasteiger partial charge in [0, 0.05) is 6.54 Å². The third-order valence-corrected chi connectivity index (χ3v) is 3.98. The molecule has 0 N–H and O–H groups in total. The molecular weight excluding hydrogens is 246 g/mol. The van der Waals surface area contributed by atoms with Crippen molar-refractivity contribution in [2.24, 2.45) is 0 Å². The highest BCUT2D eigenvalue weighted by atomic mass is 16.2. The summed E-state index contributed by atoms with van der Waals surface area (Å²) < 4.78 is 0. The number of nitrogens with zero attached hydrogens (tertiary/aromatic N) is 1. The van der Waals surface area contributed by atoms with E-state index in [1.165, 1.54) is 0 Å². The Labute approximate surface area is 123 Å². The van der Waals surface area contributed by atoms with E-state index in [1.54, 1.807) is 0 Å². The largest absolute Gasteiger partial charge is 0.333 e. The van der Waals surface area contributed by atoms with E-state index in [0.29, 0.717) is 6.54 Å². The lowest BCUT2D eigenvalue weighted by Crippen LogP contribution is -2.47. The fourth-order valence-corrected chi connectivity index (χ4v) is 2.69. The summed E-state index contributed by atoms with van der Waals surface area (Å²) in [5.41, 5.74) is 0.830. The molecule has 0 unspecified atom stereocenters. The van der Waals surface area contributed by atoms with Crippen molar-refractivity contribution < 1.29 is 4.79 Å². The minimum atomic E-state index is -0.323. The molecule has 2 nitrogen and oxygen atoms in total. The van der Waals surface area contributed by atoms with Crippen LogP contribution in [0.4, 0.5) is 0 Å². The Morgan fingerprint density at radius 1 is 1.15 bits per heavy atom. The quantitative estimate of drug-likeness (QED) is 0.817. The van der Waals surface area contributed by atoms with E-state index >= 15 is 0 Å². The smallest absolute Gasteiger partial charge is 0.231 e. The second kappa shape index (κ2) is 5.99. The topological polar surface area (TPSA) is 20.3 Å². The second-order valence-electron chi connectivity index (χ2n) is 5.60. The maximum atomic E-state index is 12.8. The number of benzene rings is 1. The molecule has 0 spiro atoms. The Bertz CT molecular complexity index is 452. The van der Waals surface area contributed by atoms with Gasteiger partial charge in [-0.1, -0.05) is 37.3 Å². The summed E-state index contributed by atoms with van der Waals surface area (Å²) in [6.45, 7) is 8.90. The average molecular weight is 268 g/mol. The third kappa shape index (κ3) is 2.74. The van der Waals surface area contributed by atoms with Crippen LogP contribution in [0.15, 0.2) is 30.3 Å². The van der Waals surface area contributed by atoms with Crippen molar-refractivity contribution in [2.75, 3.05) is 6.54 Å². The van der Waals surface area contributed by atoms with Crippen molar-refractivity contribution >= 4 is 5.91 Å². The Morgan fingerprint density at radius 3 is 2.30 bits per heavy atom. The number of carbonyl (C=O) groups excluding carboxylic acids is 1. The predicted octanol–water partition coefficient (Wildman–Crippen LogP) is 3.57. The van der Waals surface area contributed by atoms with Crippen LogP contribution in [0.1, 0.15) is 33.3 Å². The SMILES string of the molecule is CCN(C(=O)[C]1[CH][CH][CH][C]1C)C(C)(C)c1ccccc1. The van der Waals surface area contributed by atoms with Gasteiger partial charge < -0.3 is 4.90 Å². The van der Waals surface area contributed by atoms with Crippen molar-refractivity contribution in [3.63, 3.8) is 0 Å². The highest BCUT2D eigenvalue weighted by Crippen LogP contribution is 2.37. The van der Waals surface area contributed by atoms with E-state index in [9.17, 15) is 4.79 Å². The van der Waals surface area contributed by atoms with Gasteiger partial charge in [0.05, 0.1) is 11.5 Å². The second-order valence-corrected chi connectivity index (χ2v) is 5.60. The van der Waals surface area contributed by atoms with Crippen LogP contribution in [0.2, 0.25) is 0 Å². The Hall–Kier alpha value is -1.31. The first-order valence-electron chi connectivity index (χ1n) is 7.08. The maximum Gasteiger partial charge on any atom is 0.231 e. The minimum absolute atomic E-state index is 0.101. The van der Waals surface area contributed by atoms with Crippen LogP contribution in [0.3, 0.4) is 0 Å². The van der Waals surface area contributed by atoms with Crippen LogP contribution in [-0.2, 0) is 10.3 Å². The van der Waals surface area contributed by atoms with E-state index in [0.717, 1.165) is 17.4 Å². The molecule has 0 aliphatic heterocycles. The summed E-state index contributed by atoms with van der Waals surface area (Å²) in [5, 5.41) is 0. The zero-order valence-corrected chi connectivity index (χ0v) is 12.7. The van der Waals surface area contributed by atoms with Crippen LogP contribution in [-0.4, -0.2) is 17.4 Å². The third-order valence-electron chi connectivity index (χ3n) is 3.98. The minimum Gasteiger partial charge on any atom is -0.333 e. The van der Waals surface area contributed by atoms with Crippen molar-refractivity contribution in [1.29, 1.82) is 0 Å². The Morgan fingerprint density at radius 2 is 1.80 bits per heavy atom. The number of hydrogen-bond acceptors (Lipinski definition) is 1. The van der Waals surface area contributed by atoms with Crippen LogP contribution in [0.5, 0.6) is 0 Å². The number of amides is 1. The molecule has 1 aromatic carbocycles. The zero-order chi connectivity index (χ0) is 14.8. The number of rotatable bonds is 4. The van der Waals surface area contributed by atoms with Gasteiger partial charge in [-0.05, 0) is 51.5 Å². The first-order chi connectivity index (χ1) is 9.48. The molecule has 1 amide bonds. The van der Waals surface area contributed by atoms with E-state index in [4.69, 9.17) is 0 Å². The standard InChI is InChI=1S/C18H22NO/c1-5-19(17(20)16-13-9-10-14(16)2)18(3,4)15-11-7-6-8-12-15/h6-13H,5H2,1-4H3. The van der Waals surface area contributed by atoms with Crippen molar-refractivity contribution in [3.05, 3.63) is 67.0 Å². The summed E-state index contributed by atoms with van der Waals surface area (Å²) in [4.78, 5) is 14.7. The summed E-state index contributed by atoms with van der Waals surface area (Å²) >= 11 is 0. The fraction of sp³-hybridized carbons (Fsp3) is 0.333. The van der Waals surface area contributed by atoms with Gasteiger partial charge in [0.15, 0.2) is 0 Å². The van der Waals surface area contributed by atoms with Gasteiger partial charge in [-0.3, -0.25) is 4.79 Å². The summed E-state index contributed by atoms with van der Waals surface area (Å²) in [5.74, 6) is 1.94. The molecule has 1 saturated carbocycles. The monoisotopic (exact) mass is 268 g/mol. The maximum absolute atomic E-state index is 12.8. The van der Waals surface area contributed by atoms with Gasteiger partial charge in [0.25, 0.3) is 0 Å². The molecule has 0 aromatic heterocycles. The van der Waals surface area contributed by atoms with Gasteiger partial charge >= 0.3 is 0 Å². The van der Waals surface area contributed by atoms with Gasteiger partial charge in [0.2, 0.25) is 5.91 Å². The van der Waals surface area contributed by atoms with Gasteiger partial charge in [-0.25, -0.2) is 0 Å². The molecule has 0 heterocycles. The van der Waals surface area contributed by atoms with Crippen molar-refractivity contribution in [3.8, 4) is 0 Å². The molecule has 0 saturated heterocycles. The molecule has 1 aromatic rings. The molecule has 0 atom stereocenters. The molecule has 5 radical (unpaired) electrons. The van der Waals surface area contributed by atoms with Crippen LogP contribution < -0.4 is 0 Å².